The van der Waals surface area contributed by atoms with E-state index in [-0.39, 0.29) is 11.0 Å². The van der Waals surface area contributed by atoms with Gasteiger partial charge in [-0.25, -0.2) is 0 Å². The third kappa shape index (κ3) is 2.69. The van der Waals surface area contributed by atoms with Gasteiger partial charge in [-0.2, -0.15) is 5.10 Å². The first kappa shape index (κ1) is 13.3. The maximum atomic E-state index is 4.56. The first-order chi connectivity index (χ1) is 7.18. The summed E-state index contributed by atoms with van der Waals surface area (Å²) in [6, 6.07) is 0. The summed E-state index contributed by atoms with van der Waals surface area (Å²) in [6.45, 7) is 16.8. The van der Waals surface area contributed by atoms with E-state index in [4.69, 9.17) is 0 Å². The highest BCUT2D eigenvalue weighted by Gasteiger charge is 2.41. The zero-order valence-corrected chi connectivity index (χ0v) is 11.9. The Balaban J connectivity index is 2.93. The van der Waals surface area contributed by atoms with Crippen molar-refractivity contribution in [2.45, 2.75) is 66.6 Å². The smallest absolute Gasteiger partial charge is 0.124 e. The molecule has 0 saturated carbocycles. The van der Waals surface area contributed by atoms with Crippen LogP contribution in [0.25, 0.3) is 0 Å². The van der Waals surface area contributed by atoms with E-state index in [0.29, 0.717) is 6.17 Å². The van der Waals surface area contributed by atoms with Crippen LogP contribution >= 0.6 is 0 Å². The highest BCUT2D eigenvalue weighted by atomic mass is 15.6. The van der Waals surface area contributed by atoms with Crippen molar-refractivity contribution in [3.63, 3.8) is 0 Å². The largest absolute Gasteiger partial charge is 0.334 e. The van der Waals surface area contributed by atoms with Crippen LogP contribution in [-0.4, -0.2) is 34.5 Å². The lowest BCUT2D eigenvalue weighted by Crippen LogP contribution is -2.55. The van der Waals surface area contributed by atoms with Crippen LogP contribution in [0.5, 0.6) is 0 Å². The van der Waals surface area contributed by atoms with E-state index in [0.717, 1.165) is 13.0 Å². The molecular weight excluding hydrogens is 198 g/mol. The van der Waals surface area contributed by atoms with E-state index >= 15 is 0 Å². The standard InChI is InChI=1S/C13H27N3/c1-8-9-16-11(12(2,3)4)15(10-14-16)13(5,6)7/h10-11H,8-9H2,1-7H3. The molecule has 0 saturated heterocycles. The fraction of sp³-hybridized carbons (Fsp3) is 0.923. The van der Waals surface area contributed by atoms with E-state index < -0.39 is 0 Å². The fourth-order valence-electron chi connectivity index (χ4n) is 2.21. The molecule has 0 bridgehead atoms. The summed E-state index contributed by atoms with van der Waals surface area (Å²) >= 11 is 0. The Morgan fingerprint density at radius 1 is 1.12 bits per heavy atom. The Labute approximate surface area is 100 Å². The molecule has 3 heteroatoms. The van der Waals surface area contributed by atoms with Crippen molar-refractivity contribution in [2.24, 2.45) is 10.5 Å². The van der Waals surface area contributed by atoms with Gasteiger partial charge in [0.2, 0.25) is 0 Å². The third-order valence-electron chi connectivity index (χ3n) is 2.87. The number of hydrazone groups is 1. The van der Waals surface area contributed by atoms with E-state index in [1.165, 1.54) is 0 Å². The SMILES string of the molecule is CCCN1N=CN(C(C)(C)C)C1C(C)(C)C. The molecule has 0 aromatic carbocycles. The molecule has 1 heterocycles. The molecule has 0 radical (unpaired) electrons. The number of rotatable bonds is 2. The minimum atomic E-state index is 0.129. The Hall–Kier alpha value is -0.730. The molecule has 0 aromatic heterocycles. The molecule has 1 aliphatic rings. The Bertz CT molecular complexity index is 257. The number of hydrogen-bond acceptors (Lipinski definition) is 3. The van der Waals surface area contributed by atoms with Crippen molar-refractivity contribution in [1.29, 1.82) is 0 Å². The minimum absolute atomic E-state index is 0.129. The quantitative estimate of drug-likeness (QED) is 0.719. The minimum Gasteiger partial charge on any atom is -0.334 e. The molecule has 3 nitrogen and oxygen atoms in total. The van der Waals surface area contributed by atoms with Crippen molar-refractivity contribution < 1.29 is 0 Å². The molecule has 0 N–H and O–H groups in total. The van der Waals surface area contributed by atoms with Gasteiger partial charge in [0.25, 0.3) is 0 Å². The van der Waals surface area contributed by atoms with Gasteiger partial charge in [0.1, 0.15) is 12.5 Å². The second kappa shape index (κ2) is 4.27. The van der Waals surface area contributed by atoms with Gasteiger partial charge in [-0.3, -0.25) is 5.01 Å². The van der Waals surface area contributed by atoms with Crippen LogP contribution in [0.2, 0.25) is 0 Å². The van der Waals surface area contributed by atoms with E-state index in [1.54, 1.807) is 0 Å². The van der Waals surface area contributed by atoms with Crippen LogP contribution in [0.4, 0.5) is 0 Å². The normalized spacial score (nSPS) is 22.1. The van der Waals surface area contributed by atoms with E-state index in [2.05, 4.69) is 63.5 Å². The third-order valence-corrected chi connectivity index (χ3v) is 2.87. The molecule has 1 atom stereocenters. The molecule has 94 valence electrons. The molecule has 1 rings (SSSR count). The monoisotopic (exact) mass is 225 g/mol. The second-order valence-electron chi connectivity index (χ2n) is 6.71. The maximum Gasteiger partial charge on any atom is 0.124 e. The van der Waals surface area contributed by atoms with Crippen molar-refractivity contribution in [3.8, 4) is 0 Å². The van der Waals surface area contributed by atoms with Crippen molar-refractivity contribution >= 4 is 6.34 Å². The van der Waals surface area contributed by atoms with Gasteiger partial charge in [-0.15, -0.1) is 0 Å². The molecule has 0 spiro atoms. The van der Waals surface area contributed by atoms with Crippen molar-refractivity contribution in [3.05, 3.63) is 0 Å². The van der Waals surface area contributed by atoms with Crippen LogP contribution in [0.15, 0.2) is 5.10 Å². The molecule has 0 fully saturated rings. The highest BCUT2D eigenvalue weighted by Crippen LogP contribution is 2.34. The Kier molecular flexibility index (Phi) is 3.56. The Morgan fingerprint density at radius 3 is 2.06 bits per heavy atom. The highest BCUT2D eigenvalue weighted by molar-refractivity contribution is 5.58. The van der Waals surface area contributed by atoms with Gasteiger partial charge in [-0.1, -0.05) is 27.7 Å². The summed E-state index contributed by atoms with van der Waals surface area (Å²) < 4.78 is 0. The van der Waals surface area contributed by atoms with Gasteiger partial charge in [0, 0.05) is 17.5 Å². The lowest BCUT2D eigenvalue weighted by molar-refractivity contribution is -0.00110. The lowest BCUT2D eigenvalue weighted by Gasteiger charge is -2.45. The first-order valence-corrected chi connectivity index (χ1v) is 6.27. The number of hydrogen-bond donors (Lipinski definition) is 0. The molecule has 1 unspecified atom stereocenters. The predicted molar refractivity (Wildman–Crippen MR) is 70.3 cm³/mol. The number of nitrogens with zero attached hydrogens (tertiary/aromatic N) is 3. The van der Waals surface area contributed by atoms with Crippen LogP contribution in [-0.2, 0) is 0 Å². The molecule has 16 heavy (non-hydrogen) atoms. The summed E-state index contributed by atoms with van der Waals surface area (Å²) in [7, 11) is 0. The predicted octanol–water partition coefficient (Wildman–Crippen LogP) is 3.13. The Morgan fingerprint density at radius 2 is 1.69 bits per heavy atom. The summed E-state index contributed by atoms with van der Waals surface area (Å²) in [5.41, 5.74) is 0.336. The maximum absolute atomic E-state index is 4.56. The molecule has 0 aliphatic carbocycles. The van der Waals surface area contributed by atoms with Crippen LogP contribution in [0, 0.1) is 5.41 Å². The molecule has 0 amide bonds. The van der Waals surface area contributed by atoms with Gasteiger partial charge >= 0.3 is 0 Å². The zero-order valence-electron chi connectivity index (χ0n) is 11.9. The van der Waals surface area contributed by atoms with Gasteiger partial charge in [0.15, 0.2) is 0 Å². The van der Waals surface area contributed by atoms with E-state index in [1.807, 2.05) is 6.34 Å². The van der Waals surface area contributed by atoms with Gasteiger partial charge < -0.3 is 4.90 Å². The zero-order chi connectivity index (χ0) is 12.6. The van der Waals surface area contributed by atoms with Crippen LogP contribution in [0.1, 0.15) is 54.9 Å². The fourth-order valence-corrected chi connectivity index (χ4v) is 2.21. The topological polar surface area (TPSA) is 18.8 Å². The van der Waals surface area contributed by atoms with Crippen LogP contribution < -0.4 is 0 Å². The average molecular weight is 225 g/mol. The molecule has 1 aliphatic heterocycles. The average Bonchev–Trinajstić information content (AvgIpc) is 2.46. The van der Waals surface area contributed by atoms with E-state index in [9.17, 15) is 0 Å². The molecular formula is C13H27N3. The first-order valence-electron chi connectivity index (χ1n) is 6.27. The van der Waals surface area contributed by atoms with Gasteiger partial charge in [0.05, 0.1) is 0 Å². The summed E-state index contributed by atoms with van der Waals surface area (Å²) in [6.07, 6.45) is 3.51. The summed E-state index contributed by atoms with van der Waals surface area (Å²) in [5, 5.41) is 6.78. The van der Waals surface area contributed by atoms with Crippen molar-refractivity contribution in [1.82, 2.24) is 9.91 Å². The van der Waals surface area contributed by atoms with Crippen LogP contribution in [0.3, 0.4) is 0 Å². The summed E-state index contributed by atoms with van der Waals surface area (Å²) in [5.74, 6) is 0. The summed E-state index contributed by atoms with van der Waals surface area (Å²) in [4.78, 5) is 2.38. The lowest BCUT2D eigenvalue weighted by atomic mass is 9.88. The van der Waals surface area contributed by atoms with Crippen molar-refractivity contribution in [2.75, 3.05) is 6.54 Å². The second-order valence-corrected chi connectivity index (χ2v) is 6.71. The molecule has 0 aromatic rings. The van der Waals surface area contributed by atoms with Gasteiger partial charge in [-0.05, 0) is 27.2 Å².